The minimum absolute atomic E-state index is 0.0181. The smallest absolute Gasteiger partial charge is 0.370 e. The van der Waals surface area contributed by atoms with Gasteiger partial charge in [-0.3, -0.25) is 10.1 Å². The number of nitrogens with one attached hydrogen (secondary N) is 2. The lowest BCUT2D eigenvalue weighted by atomic mass is 10.1. The van der Waals surface area contributed by atoms with E-state index in [1.165, 1.54) is 0 Å². The lowest BCUT2D eigenvalue weighted by Crippen LogP contribution is -2.15. The number of alkyl halides is 3. The van der Waals surface area contributed by atoms with E-state index in [9.17, 15) is 23.3 Å². The lowest BCUT2D eigenvalue weighted by Gasteiger charge is -2.18. The number of H-pyrrole nitrogens is 1. The number of imidazole rings is 1. The molecular weight excluding hydrogens is 393 g/mol. The Hall–Kier alpha value is -2.75. The van der Waals surface area contributed by atoms with E-state index in [4.69, 9.17) is 0 Å². The molecule has 1 aromatic heterocycles. The van der Waals surface area contributed by atoms with Crippen LogP contribution in [0.3, 0.4) is 0 Å². The van der Waals surface area contributed by atoms with Crippen molar-refractivity contribution in [1.82, 2.24) is 9.97 Å². The molecule has 0 saturated heterocycles. The van der Waals surface area contributed by atoms with Gasteiger partial charge in [0.15, 0.2) is 0 Å². The van der Waals surface area contributed by atoms with Crippen LogP contribution in [-0.2, 0) is 6.18 Å². The molecule has 3 rings (SSSR count). The van der Waals surface area contributed by atoms with Crippen LogP contribution in [0.5, 0.6) is 0 Å². The number of benzene rings is 2. The summed E-state index contributed by atoms with van der Waals surface area (Å²) in [7, 11) is 0. The van der Waals surface area contributed by atoms with Crippen molar-refractivity contribution in [3.63, 3.8) is 0 Å². The van der Waals surface area contributed by atoms with Gasteiger partial charge in [-0.25, -0.2) is 4.98 Å². The Labute approximate surface area is 162 Å². The van der Waals surface area contributed by atoms with Gasteiger partial charge in [-0.05, 0) is 42.7 Å². The summed E-state index contributed by atoms with van der Waals surface area (Å²) in [5.74, 6) is 1.31. The Morgan fingerprint density at radius 3 is 2.68 bits per heavy atom. The van der Waals surface area contributed by atoms with Crippen molar-refractivity contribution in [3.05, 3.63) is 64.0 Å². The van der Waals surface area contributed by atoms with Crippen molar-refractivity contribution < 1.29 is 18.1 Å². The van der Waals surface area contributed by atoms with Crippen LogP contribution in [0.15, 0.2) is 42.5 Å². The van der Waals surface area contributed by atoms with Gasteiger partial charge in [0.2, 0.25) is 0 Å². The van der Waals surface area contributed by atoms with Crippen LogP contribution < -0.4 is 5.32 Å². The van der Waals surface area contributed by atoms with E-state index in [-0.39, 0.29) is 5.69 Å². The number of rotatable bonds is 7. The second-order valence-corrected chi connectivity index (χ2v) is 7.09. The van der Waals surface area contributed by atoms with Gasteiger partial charge in [-0.2, -0.15) is 24.9 Å². The van der Waals surface area contributed by atoms with Gasteiger partial charge < -0.3 is 10.3 Å². The molecule has 0 spiro atoms. The average molecular weight is 410 g/mol. The Morgan fingerprint density at radius 2 is 2.04 bits per heavy atom. The number of nitro groups is 1. The Bertz CT molecular complexity index is 957. The van der Waals surface area contributed by atoms with Crippen molar-refractivity contribution in [2.45, 2.75) is 18.6 Å². The van der Waals surface area contributed by atoms with Crippen LogP contribution in [0.25, 0.3) is 11.0 Å². The van der Waals surface area contributed by atoms with Gasteiger partial charge in [-0.1, -0.05) is 12.1 Å². The number of fused-ring (bicyclic) bond motifs is 1. The van der Waals surface area contributed by atoms with Crippen molar-refractivity contribution in [2.75, 3.05) is 17.3 Å². The molecule has 10 heteroatoms. The highest BCUT2D eigenvalue weighted by Crippen LogP contribution is 2.36. The fourth-order valence-electron chi connectivity index (χ4n) is 2.82. The fourth-order valence-corrected chi connectivity index (χ4v) is 3.29. The predicted octanol–water partition coefficient (Wildman–Crippen LogP) is 5.40. The second-order valence-electron chi connectivity index (χ2n) is 6.10. The molecule has 28 heavy (non-hydrogen) atoms. The molecule has 1 atom stereocenters. The highest BCUT2D eigenvalue weighted by molar-refractivity contribution is 7.98. The summed E-state index contributed by atoms with van der Waals surface area (Å²) in [6.45, 7) is 0. The first kappa shape index (κ1) is 20.0. The fraction of sp³-hybridized carbons (Fsp3) is 0.278. The van der Waals surface area contributed by atoms with Gasteiger partial charge >= 0.3 is 6.18 Å². The summed E-state index contributed by atoms with van der Waals surface area (Å²) in [4.78, 5) is 18.2. The average Bonchev–Trinajstić information content (AvgIpc) is 3.08. The quantitative estimate of drug-likeness (QED) is 0.403. The number of nitrogens with zero attached hydrogens (tertiary/aromatic N) is 2. The first-order valence-electron chi connectivity index (χ1n) is 8.35. The number of halogens is 3. The van der Waals surface area contributed by atoms with Crippen LogP contribution in [-0.4, -0.2) is 26.9 Å². The molecule has 0 bridgehead atoms. The van der Waals surface area contributed by atoms with E-state index in [1.54, 1.807) is 11.8 Å². The van der Waals surface area contributed by atoms with Crippen molar-refractivity contribution >= 4 is 34.2 Å². The highest BCUT2D eigenvalue weighted by atomic mass is 32.2. The normalized spacial score (nSPS) is 12.9. The van der Waals surface area contributed by atoms with Gasteiger partial charge in [0.1, 0.15) is 11.5 Å². The van der Waals surface area contributed by atoms with E-state index in [0.29, 0.717) is 18.3 Å². The molecule has 2 aromatic carbocycles. The molecule has 0 aliphatic rings. The highest BCUT2D eigenvalue weighted by Gasteiger charge is 2.33. The summed E-state index contributed by atoms with van der Waals surface area (Å²) in [5.41, 5.74) is -0.107. The van der Waals surface area contributed by atoms with Crippen molar-refractivity contribution in [2.24, 2.45) is 0 Å². The SMILES string of the molecule is CSCCC(Nc1ccc(C(F)(F)F)cc1[N+](=O)[O-])c1nc2ccccc2[nH]1. The van der Waals surface area contributed by atoms with E-state index in [0.717, 1.165) is 28.9 Å². The largest absolute Gasteiger partial charge is 0.416 e. The van der Waals surface area contributed by atoms with Crippen LogP contribution >= 0.6 is 11.8 Å². The summed E-state index contributed by atoms with van der Waals surface area (Å²) < 4.78 is 38.7. The molecule has 1 heterocycles. The number of aromatic nitrogens is 2. The van der Waals surface area contributed by atoms with Crippen LogP contribution in [0.1, 0.15) is 23.9 Å². The Morgan fingerprint density at radius 1 is 1.29 bits per heavy atom. The molecule has 0 fully saturated rings. The number of aromatic amines is 1. The zero-order valence-corrected chi connectivity index (χ0v) is 15.6. The maximum absolute atomic E-state index is 12.9. The molecule has 2 N–H and O–H groups in total. The molecule has 0 radical (unpaired) electrons. The van der Waals surface area contributed by atoms with Crippen LogP contribution in [0.4, 0.5) is 24.5 Å². The van der Waals surface area contributed by atoms with Gasteiger partial charge in [0.05, 0.1) is 27.6 Å². The topological polar surface area (TPSA) is 83.8 Å². The van der Waals surface area contributed by atoms with Crippen LogP contribution in [0, 0.1) is 10.1 Å². The third-order valence-corrected chi connectivity index (χ3v) is 4.84. The summed E-state index contributed by atoms with van der Waals surface area (Å²) in [5, 5.41) is 14.3. The van der Waals surface area contributed by atoms with E-state index in [2.05, 4.69) is 15.3 Å². The summed E-state index contributed by atoms with van der Waals surface area (Å²) >= 11 is 1.59. The lowest BCUT2D eigenvalue weighted by molar-refractivity contribution is -0.384. The number of nitro benzene ring substituents is 1. The zero-order chi connectivity index (χ0) is 20.3. The molecular formula is C18H17F3N4O2S. The van der Waals surface area contributed by atoms with Gasteiger partial charge in [0, 0.05) is 6.07 Å². The molecule has 6 nitrogen and oxygen atoms in total. The number of para-hydroxylation sites is 2. The van der Waals surface area contributed by atoms with E-state index >= 15 is 0 Å². The molecule has 148 valence electrons. The summed E-state index contributed by atoms with van der Waals surface area (Å²) in [6.07, 6.45) is -2.14. The van der Waals surface area contributed by atoms with Crippen molar-refractivity contribution in [1.29, 1.82) is 0 Å². The number of hydrogen-bond acceptors (Lipinski definition) is 5. The van der Waals surface area contributed by atoms with E-state index < -0.39 is 28.4 Å². The van der Waals surface area contributed by atoms with Crippen molar-refractivity contribution in [3.8, 4) is 0 Å². The molecule has 0 saturated carbocycles. The first-order valence-corrected chi connectivity index (χ1v) is 9.74. The summed E-state index contributed by atoms with van der Waals surface area (Å²) in [6, 6.07) is 9.45. The Balaban J connectivity index is 1.97. The number of anilines is 1. The maximum atomic E-state index is 12.9. The molecule has 3 aromatic rings. The standard InChI is InChI=1S/C18H17F3N4O2S/c1-28-9-8-15(17-23-12-4-2-3-5-13(12)24-17)22-14-7-6-11(18(19,20)21)10-16(14)25(26)27/h2-7,10,15,22H,8-9H2,1H3,(H,23,24). The van der Waals surface area contributed by atoms with Crippen LogP contribution in [0.2, 0.25) is 0 Å². The minimum atomic E-state index is -4.65. The molecule has 0 amide bonds. The number of thioether (sulfide) groups is 1. The van der Waals surface area contributed by atoms with Gasteiger partial charge in [-0.15, -0.1) is 0 Å². The first-order chi connectivity index (χ1) is 13.3. The zero-order valence-electron chi connectivity index (χ0n) is 14.8. The molecule has 0 aliphatic heterocycles. The number of hydrogen-bond donors (Lipinski definition) is 2. The monoisotopic (exact) mass is 410 g/mol. The minimum Gasteiger partial charge on any atom is -0.370 e. The molecule has 0 aliphatic carbocycles. The maximum Gasteiger partial charge on any atom is 0.416 e. The predicted molar refractivity (Wildman–Crippen MR) is 104 cm³/mol. The van der Waals surface area contributed by atoms with E-state index in [1.807, 2.05) is 30.5 Å². The second kappa shape index (κ2) is 8.09. The third-order valence-electron chi connectivity index (χ3n) is 4.20. The molecule has 1 unspecified atom stereocenters. The Kier molecular flexibility index (Phi) is 5.78. The van der Waals surface area contributed by atoms with Gasteiger partial charge in [0.25, 0.3) is 5.69 Å². The third kappa shape index (κ3) is 4.38.